The van der Waals surface area contributed by atoms with Gasteiger partial charge in [-0.25, -0.2) is 4.98 Å². The first-order valence-electron chi connectivity index (χ1n) is 11.6. The van der Waals surface area contributed by atoms with Gasteiger partial charge in [0.15, 0.2) is 0 Å². The SMILES string of the molecule is CC(C)c1nc(Nc2ccc(C(=O)NCc3ccccc3)cc2)nc(Nc2ccc3ncsc3c2)n1. The molecule has 3 aromatic carbocycles. The number of nitrogens with zero attached hydrogens (tertiary/aromatic N) is 4. The summed E-state index contributed by atoms with van der Waals surface area (Å²) in [6.45, 7) is 4.55. The maximum atomic E-state index is 12.5. The maximum absolute atomic E-state index is 12.5. The average molecular weight is 496 g/mol. The van der Waals surface area contributed by atoms with Crippen molar-refractivity contribution < 1.29 is 4.79 Å². The highest BCUT2D eigenvalue weighted by Gasteiger charge is 2.12. The van der Waals surface area contributed by atoms with Gasteiger partial charge in [-0.15, -0.1) is 11.3 Å². The van der Waals surface area contributed by atoms with Crippen molar-refractivity contribution >= 4 is 50.7 Å². The molecule has 1 amide bonds. The van der Waals surface area contributed by atoms with Crippen molar-refractivity contribution in [3.63, 3.8) is 0 Å². The van der Waals surface area contributed by atoms with Crippen molar-refractivity contribution in [3.8, 4) is 0 Å². The molecule has 0 atom stereocenters. The molecular weight excluding hydrogens is 470 g/mol. The molecule has 0 aliphatic rings. The number of aromatic nitrogens is 4. The molecule has 8 nitrogen and oxygen atoms in total. The van der Waals surface area contributed by atoms with Crippen molar-refractivity contribution in [3.05, 3.63) is 95.3 Å². The van der Waals surface area contributed by atoms with E-state index < -0.39 is 0 Å². The fraction of sp³-hybridized carbons (Fsp3) is 0.148. The monoisotopic (exact) mass is 495 g/mol. The molecule has 2 heterocycles. The molecule has 9 heteroatoms. The summed E-state index contributed by atoms with van der Waals surface area (Å²) in [5, 5.41) is 9.46. The topological polar surface area (TPSA) is 105 Å². The number of carbonyl (C=O) groups is 1. The number of hydrogen-bond acceptors (Lipinski definition) is 8. The highest BCUT2D eigenvalue weighted by atomic mass is 32.1. The first-order valence-corrected chi connectivity index (χ1v) is 12.5. The summed E-state index contributed by atoms with van der Waals surface area (Å²) in [7, 11) is 0. The third-order valence-electron chi connectivity index (χ3n) is 5.46. The summed E-state index contributed by atoms with van der Waals surface area (Å²) in [6, 6.07) is 23.0. The van der Waals surface area contributed by atoms with Gasteiger partial charge in [-0.2, -0.15) is 15.0 Å². The Labute approximate surface area is 212 Å². The number of fused-ring (bicyclic) bond motifs is 1. The zero-order valence-electron chi connectivity index (χ0n) is 19.9. The van der Waals surface area contributed by atoms with Crippen molar-refractivity contribution in [1.29, 1.82) is 0 Å². The van der Waals surface area contributed by atoms with Gasteiger partial charge >= 0.3 is 0 Å². The van der Waals surface area contributed by atoms with Crippen LogP contribution in [0.25, 0.3) is 10.2 Å². The van der Waals surface area contributed by atoms with Crippen molar-refractivity contribution in [2.45, 2.75) is 26.3 Å². The number of carbonyl (C=O) groups excluding carboxylic acids is 1. The van der Waals surface area contributed by atoms with Crippen LogP contribution in [-0.2, 0) is 6.54 Å². The number of amides is 1. The van der Waals surface area contributed by atoms with Gasteiger partial charge in [0.05, 0.1) is 15.7 Å². The van der Waals surface area contributed by atoms with Gasteiger partial charge in [0.25, 0.3) is 5.91 Å². The zero-order valence-corrected chi connectivity index (χ0v) is 20.7. The van der Waals surface area contributed by atoms with Gasteiger partial charge in [0.2, 0.25) is 11.9 Å². The van der Waals surface area contributed by atoms with Gasteiger partial charge in [-0.05, 0) is 48.0 Å². The third kappa shape index (κ3) is 5.64. The molecule has 0 radical (unpaired) electrons. The lowest BCUT2D eigenvalue weighted by Gasteiger charge is -2.12. The second-order valence-corrected chi connectivity index (χ2v) is 9.41. The lowest BCUT2D eigenvalue weighted by molar-refractivity contribution is 0.0951. The highest BCUT2D eigenvalue weighted by molar-refractivity contribution is 7.16. The smallest absolute Gasteiger partial charge is 0.251 e. The number of thiazole rings is 1. The second-order valence-electron chi connectivity index (χ2n) is 8.53. The van der Waals surface area contributed by atoms with Crippen molar-refractivity contribution in [1.82, 2.24) is 25.3 Å². The molecule has 5 rings (SSSR count). The quantitative estimate of drug-likeness (QED) is 0.242. The number of hydrogen-bond donors (Lipinski definition) is 3. The van der Waals surface area contributed by atoms with Gasteiger partial charge < -0.3 is 16.0 Å². The van der Waals surface area contributed by atoms with E-state index in [9.17, 15) is 4.79 Å². The average Bonchev–Trinajstić information content (AvgIpc) is 3.36. The predicted molar refractivity (Wildman–Crippen MR) is 144 cm³/mol. The molecule has 0 unspecified atom stereocenters. The lowest BCUT2D eigenvalue weighted by atomic mass is 10.2. The van der Waals surface area contributed by atoms with Gasteiger partial charge in [0.1, 0.15) is 5.82 Å². The molecule has 2 aromatic heterocycles. The molecule has 0 fully saturated rings. The predicted octanol–water partition coefficient (Wildman–Crippen LogP) is 6.02. The number of nitrogens with one attached hydrogen (secondary N) is 3. The lowest BCUT2D eigenvalue weighted by Crippen LogP contribution is -2.22. The summed E-state index contributed by atoms with van der Waals surface area (Å²) in [4.78, 5) is 30.5. The van der Waals surface area contributed by atoms with Crippen LogP contribution >= 0.6 is 11.3 Å². The Kier molecular flexibility index (Phi) is 6.81. The summed E-state index contributed by atoms with van der Waals surface area (Å²) < 4.78 is 1.09. The summed E-state index contributed by atoms with van der Waals surface area (Å²) in [6.07, 6.45) is 0. The van der Waals surface area contributed by atoms with Gasteiger partial charge in [-0.1, -0.05) is 44.2 Å². The van der Waals surface area contributed by atoms with Gasteiger partial charge in [0, 0.05) is 29.4 Å². The van der Waals surface area contributed by atoms with Gasteiger partial charge in [-0.3, -0.25) is 4.79 Å². The van der Waals surface area contributed by atoms with E-state index in [-0.39, 0.29) is 11.8 Å². The van der Waals surface area contributed by atoms with Crippen LogP contribution in [-0.4, -0.2) is 25.8 Å². The molecule has 0 saturated carbocycles. The summed E-state index contributed by atoms with van der Waals surface area (Å²) >= 11 is 1.58. The number of benzene rings is 3. The first-order chi connectivity index (χ1) is 17.5. The molecule has 0 bridgehead atoms. The molecule has 180 valence electrons. The minimum Gasteiger partial charge on any atom is -0.348 e. The van der Waals surface area contributed by atoms with Crippen LogP contribution in [0.2, 0.25) is 0 Å². The Bertz CT molecular complexity index is 1480. The van der Waals surface area contributed by atoms with Crippen LogP contribution in [0, 0.1) is 0 Å². The number of rotatable bonds is 8. The van der Waals surface area contributed by atoms with E-state index in [4.69, 9.17) is 0 Å². The molecule has 0 saturated heterocycles. The fourth-order valence-electron chi connectivity index (χ4n) is 3.54. The Balaban J connectivity index is 1.29. The van der Waals surface area contributed by atoms with E-state index in [1.54, 1.807) is 23.5 Å². The van der Waals surface area contributed by atoms with E-state index in [0.29, 0.717) is 29.8 Å². The third-order valence-corrected chi connectivity index (χ3v) is 6.25. The minimum atomic E-state index is -0.128. The second kappa shape index (κ2) is 10.5. The fourth-order valence-corrected chi connectivity index (χ4v) is 4.25. The highest BCUT2D eigenvalue weighted by Crippen LogP contribution is 2.25. The normalized spacial score (nSPS) is 11.0. The molecule has 5 aromatic rings. The Morgan fingerprint density at radius 3 is 2.28 bits per heavy atom. The van der Waals surface area contributed by atoms with Crippen molar-refractivity contribution in [2.75, 3.05) is 10.6 Å². The number of anilines is 4. The van der Waals surface area contributed by atoms with Crippen molar-refractivity contribution in [2.24, 2.45) is 0 Å². The molecule has 0 spiro atoms. The first kappa shape index (κ1) is 23.4. The van der Waals surface area contributed by atoms with Crippen LogP contribution in [0.4, 0.5) is 23.3 Å². The Hall–Kier alpha value is -4.37. The Morgan fingerprint density at radius 2 is 1.56 bits per heavy atom. The summed E-state index contributed by atoms with van der Waals surface area (Å²) in [5.41, 5.74) is 6.07. The molecule has 0 aliphatic carbocycles. The minimum absolute atomic E-state index is 0.119. The maximum Gasteiger partial charge on any atom is 0.251 e. The van der Waals surface area contributed by atoms with E-state index in [1.807, 2.05) is 80.0 Å². The van der Waals surface area contributed by atoms with Crippen LogP contribution in [0.3, 0.4) is 0 Å². The molecule has 3 N–H and O–H groups in total. The van der Waals surface area contributed by atoms with Crippen LogP contribution in [0.15, 0.2) is 78.3 Å². The molecule has 0 aliphatic heterocycles. The van der Waals surface area contributed by atoms with Crippen LogP contribution in [0.1, 0.15) is 41.5 Å². The molecule has 36 heavy (non-hydrogen) atoms. The van der Waals surface area contributed by atoms with Crippen LogP contribution in [0.5, 0.6) is 0 Å². The van der Waals surface area contributed by atoms with E-state index in [2.05, 4.69) is 35.9 Å². The van der Waals surface area contributed by atoms with E-state index in [1.165, 1.54) is 0 Å². The van der Waals surface area contributed by atoms with E-state index in [0.717, 1.165) is 27.2 Å². The zero-order chi connectivity index (χ0) is 24.9. The van der Waals surface area contributed by atoms with Crippen LogP contribution < -0.4 is 16.0 Å². The van der Waals surface area contributed by atoms with E-state index >= 15 is 0 Å². The summed E-state index contributed by atoms with van der Waals surface area (Å²) in [5.74, 6) is 1.55. The largest absolute Gasteiger partial charge is 0.348 e. The molecular formula is C27H25N7OS. The Morgan fingerprint density at radius 1 is 0.861 bits per heavy atom. The standard InChI is InChI=1S/C27H25N7OS/c1-17(2)24-32-26(34-27(33-24)31-21-12-13-22-23(14-21)36-16-29-22)30-20-10-8-19(9-11-20)25(35)28-15-18-6-4-3-5-7-18/h3-14,16-17H,15H2,1-2H3,(H,28,35)(H2,30,31,32,33,34).